The fourth-order valence-corrected chi connectivity index (χ4v) is 3.35. The van der Waals surface area contributed by atoms with Gasteiger partial charge in [0, 0.05) is 31.1 Å². The molecule has 0 aliphatic carbocycles. The molecule has 0 spiro atoms. The van der Waals surface area contributed by atoms with Crippen LogP contribution in [0.4, 0.5) is 0 Å². The molecule has 0 saturated carbocycles. The number of hydrogen-bond donors (Lipinski definition) is 1. The number of carbonyl (C=O) groups excluding carboxylic acids is 1. The van der Waals surface area contributed by atoms with Crippen molar-refractivity contribution >= 4 is 5.91 Å². The highest BCUT2D eigenvalue weighted by atomic mass is 16.2. The monoisotopic (exact) mass is 238 g/mol. The van der Waals surface area contributed by atoms with Gasteiger partial charge in [-0.15, -0.1) is 0 Å². The number of nitrogens with zero attached hydrogens (tertiary/aromatic N) is 1. The normalized spacial score (nSPS) is 30.5. The van der Waals surface area contributed by atoms with Crippen molar-refractivity contribution in [3.05, 3.63) is 0 Å². The molecule has 2 fully saturated rings. The Bertz CT molecular complexity index is 267. The number of nitrogens with one attached hydrogen (secondary N) is 1. The van der Waals surface area contributed by atoms with E-state index in [1.165, 1.54) is 38.5 Å². The highest BCUT2D eigenvalue weighted by molar-refractivity contribution is 5.80. The van der Waals surface area contributed by atoms with E-state index in [-0.39, 0.29) is 0 Å². The topological polar surface area (TPSA) is 32.3 Å². The molecule has 3 nitrogen and oxygen atoms in total. The average molecular weight is 238 g/mol. The summed E-state index contributed by atoms with van der Waals surface area (Å²) < 4.78 is 0. The van der Waals surface area contributed by atoms with Gasteiger partial charge in [0.25, 0.3) is 0 Å². The van der Waals surface area contributed by atoms with Crippen molar-refractivity contribution in [3.8, 4) is 0 Å². The molecule has 0 aromatic heterocycles. The van der Waals surface area contributed by atoms with E-state index in [0.29, 0.717) is 24.0 Å². The van der Waals surface area contributed by atoms with E-state index in [2.05, 4.69) is 24.1 Å². The Morgan fingerprint density at radius 3 is 2.94 bits per heavy atom. The second-order valence-electron chi connectivity index (χ2n) is 5.52. The summed E-state index contributed by atoms with van der Waals surface area (Å²) in [6.45, 7) is 5.46. The average Bonchev–Trinajstić information content (AvgIpc) is 2.66. The predicted octanol–water partition coefficient (Wildman–Crippen LogP) is 2.31. The molecule has 2 aliphatic heterocycles. The molecule has 0 radical (unpaired) electrons. The first-order valence-electron chi connectivity index (χ1n) is 7.31. The van der Waals surface area contributed by atoms with Crippen LogP contribution in [0.1, 0.15) is 58.8 Å². The van der Waals surface area contributed by atoms with Gasteiger partial charge in [0.05, 0.1) is 0 Å². The van der Waals surface area contributed by atoms with Crippen LogP contribution >= 0.6 is 0 Å². The Labute approximate surface area is 105 Å². The van der Waals surface area contributed by atoms with Crippen LogP contribution < -0.4 is 5.32 Å². The summed E-state index contributed by atoms with van der Waals surface area (Å²) in [4.78, 5) is 14.1. The minimum atomic E-state index is 0.374. The minimum absolute atomic E-state index is 0.374. The third-order valence-electron chi connectivity index (χ3n) is 4.31. The van der Waals surface area contributed by atoms with Gasteiger partial charge in [-0.3, -0.25) is 4.79 Å². The van der Waals surface area contributed by atoms with E-state index in [1.54, 1.807) is 0 Å². The minimum Gasteiger partial charge on any atom is -0.338 e. The molecular weight excluding hydrogens is 212 g/mol. The van der Waals surface area contributed by atoms with Crippen molar-refractivity contribution in [3.63, 3.8) is 0 Å². The van der Waals surface area contributed by atoms with Crippen LogP contribution in [0.25, 0.3) is 0 Å². The van der Waals surface area contributed by atoms with Gasteiger partial charge < -0.3 is 10.2 Å². The highest BCUT2D eigenvalue weighted by Crippen LogP contribution is 2.28. The van der Waals surface area contributed by atoms with E-state index in [0.717, 1.165) is 13.0 Å². The van der Waals surface area contributed by atoms with Crippen LogP contribution in [0.5, 0.6) is 0 Å². The van der Waals surface area contributed by atoms with E-state index in [9.17, 15) is 4.79 Å². The number of piperidine rings is 1. The standard InChI is InChI=1S/C14H26N2O/c1-3-7-11(4-2)15-12-10-14(17)16-9-6-5-8-13(12)16/h11-13,15H,3-10H2,1-2H3. The Balaban J connectivity index is 1.94. The molecule has 3 unspecified atom stereocenters. The number of hydrogen-bond acceptors (Lipinski definition) is 2. The van der Waals surface area contributed by atoms with Gasteiger partial charge >= 0.3 is 0 Å². The zero-order valence-electron chi connectivity index (χ0n) is 11.2. The van der Waals surface area contributed by atoms with Gasteiger partial charge in [-0.1, -0.05) is 20.3 Å². The molecule has 0 bridgehead atoms. The molecule has 17 heavy (non-hydrogen) atoms. The largest absolute Gasteiger partial charge is 0.338 e. The third kappa shape index (κ3) is 2.82. The lowest BCUT2D eigenvalue weighted by Crippen LogP contribution is -2.48. The predicted molar refractivity (Wildman–Crippen MR) is 69.9 cm³/mol. The maximum absolute atomic E-state index is 11.9. The van der Waals surface area contributed by atoms with Crippen molar-refractivity contribution in [2.75, 3.05) is 6.54 Å². The van der Waals surface area contributed by atoms with Gasteiger partial charge in [0.2, 0.25) is 5.91 Å². The molecule has 1 amide bonds. The highest BCUT2D eigenvalue weighted by Gasteiger charge is 2.40. The second-order valence-corrected chi connectivity index (χ2v) is 5.52. The first kappa shape index (κ1) is 12.9. The summed E-state index contributed by atoms with van der Waals surface area (Å²) in [5.74, 6) is 0.374. The van der Waals surface area contributed by atoms with Gasteiger partial charge in [-0.2, -0.15) is 0 Å². The SMILES string of the molecule is CCCC(CC)NC1CC(=O)N2CCCCC12. The van der Waals surface area contributed by atoms with Gasteiger partial charge in [-0.05, 0) is 32.1 Å². The quantitative estimate of drug-likeness (QED) is 0.797. The van der Waals surface area contributed by atoms with E-state index >= 15 is 0 Å². The summed E-state index contributed by atoms with van der Waals surface area (Å²) in [6, 6.07) is 1.50. The maximum atomic E-state index is 11.9. The molecule has 2 aliphatic rings. The molecule has 3 atom stereocenters. The molecule has 0 aromatic carbocycles. The fourth-order valence-electron chi connectivity index (χ4n) is 3.35. The molecular formula is C14H26N2O. The van der Waals surface area contributed by atoms with Gasteiger partial charge in [0.15, 0.2) is 0 Å². The van der Waals surface area contributed by atoms with Crippen molar-refractivity contribution in [1.29, 1.82) is 0 Å². The van der Waals surface area contributed by atoms with E-state index in [1.807, 2.05) is 0 Å². The number of fused-ring (bicyclic) bond motifs is 1. The first-order chi connectivity index (χ1) is 8.26. The Hall–Kier alpha value is -0.570. The Kier molecular flexibility index (Phi) is 4.43. The molecule has 3 heteroatoms. The van der Waals surface area contributed by atoms with E-state index < -0.39 is 0 Å². The molecule has 2 heterocycles. The first-order valence-corrected chi connectivity index (χ1v) is 7.31. The van der Waals surface area contributed by atoms with Gasteiger partial charge in [0.1, 0.15) is 0 Å². The molecule has 98 valence electrons. The molecule has 1 N–H and O–H groups in total. The zero-order chi connectivity index (χ0) is 12.3. The second kappa shape index (κ2) is 5.85. The lowest BCUT2D eigenvalue weighted by Gasteiger charge is -2.34. The number of carbonyl (C=O) groups is 1. The zero-order valence-corrected chi connectivity index (χ0v) is 11.2. The van der Waals surface area contributed by atoms with Crippen LogP contribution in [-0.4, -0.2) is 35.5 Å². The summed E-state index contributed by atoms with van der Waals surface area (Å²) in [6.07, 6.45) is 8.04. The molecule has 0 aromatic rings. The smallest absolute Gasteiger partial charge is 0.224 e. The van der Waals surface area contributed by atoms with E-state index in [4.69, 9.17) is 0 Å². The van der Waals surface area contributed by atoms with Crippen LogP contribution in [0.2, 0.25) is 0 Å². The third-order valence-corrected chi connectivity index (χ3v) is 4.31. The van der Waals surface area contributed by atoms with Crippen LogP contribution in [-0.2, 0) is 4.79 Å². The van der Waals surface area contributed by atoms with Crippen molar-refractivity contribution < 1.29 is 4.79 Å². The van der Waals surface area contributed by atoms with Crippen LogP contribution in [0.15, 0.2) is 0 Å². The molecule has 2 rings (SSSR count). The maximum Gasteiger partial charge on any atom is 0.224 e. The van der Waals surface area contributed by atoms with Crippen molar-refractivity contribution in [2.45, 2.75) is 76.9 Å². The van der Waals surface area contributed by atoms with Crippen molar-refractivity contribution in [1.82, 2.24) is 10.2 Å². The summed E-state index contributed by atoms with van der Waals surface area (Å²) >= 11 is 0. The Morgan fingerprint density at radius 1 is 1.41 bits per heavy atom. The lowest BCUT2D eigenvalue weighted by molar-refractivity contribution is -0.129. The number of amides is 1. The van der Waals surface area contributed by atoms with Crippen LogP contribution in [0, 0.1) is 0 Å². The van der Waals surface area contributed by atoms with Crippen LogP contribution in [0.3, 0.4) is 0 Å². The fraction of sp³-hybridized carbons (Fsp3) is 0.929. The van der Waals surface area contributed by atoms with Crippen molar-refractivity contribution in [2.24, 2.45) is 0 Å². The Morgan fingerprint density at radius 2 is 2.24 bits per heavy atom. The number of rotatable bonds is 5. The van der Waals surface area contributed by atoms with Gasteiger partial charge in [-0.25, -0.2) is 0 Å². The molecule has 2 saturated heterocycles. The summed E-state index contributed by atoms with van der Waals surface area (Å²) in [5.41, 5.74) is 0. The summed E-state index contributed by atoms with van der Waals surface area (Å²) in [5, 5.41) is 3.73. The summed E-state index contributed by atoms with van der Waals surface area (Å²) in [7, 11) is 0. The lowest BCUT2D eigenvalue weighted by atomic mass is 9.97.